The molecular formula is C26H30N4O3. The average molecular weight is 447 g/mol. The van der Waals surface area contributed by atoms with Gasteiger partial charge in [-0.05, 0) is 42.2 Å². The van der Waals surface area contributed by atoms with E-state index < -0.39 is 18.5 Å². The average Bonchev–Trinajstić information content (AvgIpc) is 2.79. The number of benzene rings is 1. The van der Waals surface area contributed by atoms with Gasteiger partial charge in [0.1, 0.15) is 0 Å². The van der Waals surface area contributed by atoms with Crippen molar-refractivity contribution in [2.45, 2.75) is 52.9 Å². The summed E-state index contributed by atoms with van der Waals surface area (Å²) >= 11 is 0. The van der Waals surface area contributed by atoms with Gasteiger partial charge in [0.25, 0.3) is 5.91 Å². The summed E-state index contributed by atoms with van der Waals surface area (Å²) in [5.41, 5.74) is 3.19. The summed E-state index contributed by atoms with van der Waals surface area (Å²) < 4.78 is 5.50. The van der Waals surface area contributed by atoms with Gasteiger partial charge < -0.3 is 9.64 Å². The van der Waals surface area contributed by atoms with Crippen LogP contribution < -0.4 is 0 Å². The first-order valence-electron chi connectivity index (χ1n) is 11.4. The Balaban J connectivity index is 1.88. The Kier molecular flexibility index (Phi) is 7.66. The largest absolute Gasteiger partial charge is 0.452 e. The Morgan fingerprint density at radius 2 is 1.82 bits per heavy atom. The van der Waals surface area contributed by atoms with Crippen LogP contribution in [-0.4, -0.2) is 41.5 Å². The van der Waals surface area contributed by atoms with Gasteiger partial charge in [0.15, 0.2) is 6.61 Å². The SMILES string of the molecule is CC(C)(C)[C@@H]1CCc2nc3ccccc3c(C(=O)OCC(=O)N(CCC#N)CCC#N)c2C1. The molecule has 0 bridgehead atoms. The summed E-state index contributed by atoms with van der Waals surface area (Å²) in [5.74, 6) is -0.532. The predicted octanol–water partition coefficient (Wildman–Crippen LogP) is 4.20. The number of hydrogen-bond acceptors (Lipinski definition) is 6. The monoisotopic (exact) mass is 446 g/mol. The molecule has 1 aromatic carbocycles. The highest BCUT2D eigenvalue weighted by Crippen LogP contribution is 2.39. The van der Waals surface area contributed by atoms with Crippen molar-refractivity contribution in [2.24, 2.45) is 11.3 Å². The second-order valence-electron chi connectivity index (χ2n) is 9.51. The zero-order valence-electron chi connectivity index (χ0n) is 19.6. The molecule has 0 N–H and O–H groups in total. The van der Waals surface area contributed by atoms with Crippen LogP contribution in [0, 0.1) is 34.0 Å². The van der Waals surface area contributed by atoms with E-state index in [9.17, 15) is 9.59 Å². The molecule has 0 spiro atoms. The predicted molar refractivity (Wildman–Crippen MR) is 124 cm³/mol. The normalized spacial score (nSPS) is 15.2. The summed E-state index contributed by atoms with van der Waals surface area (Å²) in [6, 6.07) is 11.5. The van der Waals surface area contributed by atoms with Crippen molar-refractivity contribution >= 4 is 22.8 Å². The molecule has 172 valence electrons. The number of hydrogen-bond donors (Lipinski definition) is 0. The van der Waals surface area contributed by atoms with Gasteiger partial charge in [-0.2, -0.15) is 10.5 Å². The molecule has 0 aliphatic heterocycles. The lowest BCUT2D eigenvalue weighted by Crippen LogP contribution is -2.36. The second kappa shape index (κ2) is 10.4. The van der Waals surface area contributed by atoms with E-state index in [1.165, 1.54) is 4.90 Å². The lowest BCUT2D eigenvalue weighted by Gasteiger charge is -2.35. The number of pyridine rings is 1. The molecule has 2 aromatic rings. The van der Waals surface area contributed by atoms with Crippen molar-refractivity contribution in [3.8, 4) is 12.1 Å². The molecule has 0 saturated heterocycles. The number of aromatic nitrogens is 1. The molecule has 0 radical (unpaired) electrons. The Labute approximate surface area is 195 Å². The molecule has 0 fully saturated rings. The van der Waals surface area contributed by atoms with E-state index >= 15 is 0 Å². The molecule has 1 amide bonds. The molecule has 0 saturated carbocycles. The van der Waals surface area contributed by atoms with Gasteiger partial charge in [-0.3, -0.25) is 9.78 Å². The Morgan fingerprint density at radius 3 is 2.45 bits per heavy atom. The van der Waals surface area contributed by atoms with E-state index in [1.807, 2.05) is 36.4 Å². The minimum atomic E-state index is -0.534. The molecule has 1 aromatic heterocycles. The van der Waals surface area contributed by atoms with Crippen LogP contribution in [0.1, 0.15) is 61.6 Å². The maximum atomic E-state index is 13.3. The number of carbonyl (C=O) groups excluding carboxylic acids is 2. The molecule has 33 heavy (non-hydrogen) atoms. The number of rotatable bonds is 7. The van der Waals surface area contributed by atoms with E-state index in [0.717, 1.165) is 41.4 Å². The minimum absolute atomic E-state index is 0.0997. The zero-order valence-corrected chi connectivity index (χ0v) is 19.6. The topological polar surface area (TPSA) is 107 Å². The van der Waals surface area contributed by atoms with Gasteiger partial charge >= 0.3 is 5.97 Å². The fourth-order valence-electron chi connectivity index (χ4n) is 4.38. The van der Waals surface area contributed by atoms with Crippen LogP contribution in [0.4, 0.5) is 0 Å². The van der Waals surface area contributed by atoms with E-state index in [-0.39, 0.29) is 31.3 Å². The van der Waals surface area contributed by atoms with Gasteiger partial charge in [0.2, 0.25) is 0 Å². The highest BCUT2D eigenvalue weighted by Gasteiger charge is 2.33. The van der Waals surface area contributed by atoms with Gasteiger partial charge in [-0.1, -0.05) is 39.0 Å². The number of carbonyl (C=O) groups is 2. The number of nitrogens with zero attached hydrogens (tertiary/aromatic N) is 4. The fraction of sp³-hybridized carbons (Fsp3) is 0.500. The van der Waals surface area contributed by atoms with Gasteiger partial charge in [0, 0.05) is 24.2 Å². The summed E-state index contributed by atoms with van der Waals surface area (Å²) in [4.78, 5) is 32.2. The van der Waals surface area contributed by atoms with Crippen LogP contribution >= 0.6 is 0 Å². The van der Waals surface area contributed by atoms with E-state index in [4.69, 9.17) is 20.2 Å². The van der Waals surface area contributed by atoms with Crippen molar-refractivity contribution in [2.75, 3.05) is 19.7 Å². The van der Waals surface area contributed by atoms with Crippen LogP contribution in [0.25, 0.3) is 10.9 Å². The number of nitriles is 2. The quantitative estimate of drug-likeness (QED) is 0.590. The smallest absolute Gasteiger partial charge is 0.339 e. The van der Waals surface area contributed by atoms with Crippen molar-refractivity contribution in [1.82, 2.24) is 9.88 Å². The third-order valence-corrected chi connectivity index (χ3v) is 6.35. The number of esters is 1. The van der Waals surface area contributed by atoms with E-state index in [0.29, 0.717) is 11.5 Å². The van der Waals surface area contributed by atoms with E-state index in [1.54, 1.807) is 0 Å². The third kappa shape index (κ3) is 5.68. The Hall–Kier alpha value is -3.45. The number of para-hydroxylation sites is 1. The Bertz CT molecular complexity index is 1100. The van der Waals surface area contributed by atoms with Crippen LogP contribution in [0.3, 0.4) is 0 Å². The van der Waals surface area contributed by atoms with Gasteiger partial charge in [-0.25, -0.2) is 4.79 Å². The van der Waals surface area contributed by atoms with Crippen molar-refractivity contribution in [1.29, 1.82) is 10.5 Å². The van der Waals surface area contributed by atoms with E-state index in [2.05, 4.69) is 20.8 Å². The molecule has 1 atom stereocenters. The summed E-state index contributed by atoms with van der Waals surface area (Å²) in [5, 5.41) is 18.4. The number of fused-ring (bicyclic) bond motifs is 2. The highest BCUT2D eigenvalue weighted by atomic mass is 16.5. The van der Waals surface area contributed by atoms with Gasteiger partial charge in [0.05, 0.1) is 36.1 Å². The Morgan fingerprint density at radius 1 is 1.15 bits per heavy atom. The van der Waals surface area contributed by atoms with Crippen LogP contribution in [0.5, 0.6) is 0 Å². The molecule has 0 unspecified atom stereocenters. The summed E-state index contributed by atoms with van der Waals surface area (Å²) in [6.07, 6.45) is 2.87. The summed E-state index contributed by atoms with van der Waals surface area (Å²) in [7, 11) is 0. The van der Waals surface area contributed by atoms with Gasteiger partial charge in [-0.15, -0.1) is 0 Å². The fourth-order valence-corrected chi connectivity index (χ4v) is 4.38. The number of amides is 1. The molecule has 7 heteroatoms. The van der Waals surface area contributed by atoms with Crippen LogP contribution in [0.15, 0.2) is 24.3 Å². The second-order valence-corrected chi connectivity index (χ2v) is 9.51. The first-order chi connectivity index (χ1) is 15.8. The zero-order chi connectivity index (χ0) is 24.0. The highest BCUT2D eigenvalue weighted by molar-refractivity contribution is 6.05. The van der Waals surface area contributed by atoms with Crippen molar-refractivity contribution in [3.63, 3.8) is 0 Å². The standard InChI is InChI=1S/C26H30N4O3/c1-26(2,3)18-10-11-22-20(16-18)24(19-8-4-5-9-21(19)29-22)25(32)33-17-23(31)30(14-6-12-27)15-7-13-28/h4-5,8-9,18H,6-7,10-11,14-17H2,1-3H3/t18-/m1/s1. The number of aryl methyl sites for hydroxylation is 1. The minimum Gasteiger partial charge on any atom is -0.452 e. The third-order valence-electron chi connectivity index (χ3n) is 6.35. The number of ether oxygens (including phenoxy) is 1. The molecule has 7 nitrogen and oxygen atoms in total. The molecule has 1 aliphatic carbocycles. The maximum absolute atomic E-state index is 13.3. The van der Waals surface area contributed by atoms with Crippen LogP contribution in [0.2, 0.25) is 0 Å². The first kappa shape index (κ1) is 24.2. The molecule has 3 rings (SSSR count). The summed E-state index contributed by atoms with van der Waals surface area (Å²) in [6.45, 7) is 6.62. The van der Waals surface area contributed by atoms with Crippen LogP contribution in [-0.2, 0) is 22.4 Å². The van der Waals surface area contributed by atoms with Crippen molar-refractivity contribution in [3.05, 3.63) is 41.1 Å². The maximum Gasteiger partial charge on any atom is 0.339 e. The first-order valence-corrected chi connectivity index (χ1v) is 11.4. The molecule has 1 aliphatic rings. The van der Waals surface area contributed by atoms with Crippen molar-refractivity contribution < 1.29 is 14.3 Å². The molecule has 1 heterocycles. The molecular weight excluding hydrogens is 416 g/mol. The lowest BCUT2D eigenvalue weighted by atomic mass is 9.70. The lowest BCUT2D eigenvalue weighted by molar-refractivity contribution is -0.134.